The Labute approximate surface area is 152 Å². The van der Waals surface area contributed by atoms with Gasteiger partial charge in [0.05, 0.1) is 18.1 Å². The Hall–Kier alpha value is -1.55. The van der Waals surface area contributed by atoms with Crippen molar-refractivity contribution in [2.75, 3.05) is 13.2 Å². The number of rotatable bonds is 7. The van der Waals surface area contributed by atoms with Crippen molar-refractivity contribution < 1.29 is 14.6 Å². The molecule has 1 aromatic rings. The number of nitrogens with one attached hydrogen (secondary N) is 1. The largest absolute Gasteiger partial charge is 0.493 e. The average molecular weight is 347 g/mol. The van der Waals surface area contributed by atoms with Crippen molar-refractivity contribution in [3.05, 3.63) is 29.8 Å². The standard InChI is InChI=1S/C21H33NO3/c1-15(2)14-25-19-10-8-17(9-11-19)21(3,4)20(24)22-13-16-6-5-7-18(23)12-16/h8-11,15-16,18,23H,5-7,12-14H2,1-4H3,(H,22,24). The molecular formula is C21H33NO3. The van der Waals surface area contributed by atoms with Crippen LogP contribution in [-0.4, -0.2) is 30.3 Å². The highest BCUT2D eigenvalue weighted by molar-refractivity contribution is 5.87. The zero-order chi connectivity index (χ0) is 18.4. The second-order valence-electron chi connectivity index (χ2n) is 8.25. The molecule has 1 fully saturated rings. The van der Waals surface area contributed by atoms with E-state index in [1.807, 2.05) is 38.1 Å². The summed E-state index contributed by atoms with van der Waals surface area (Å²) >= 11 is 0. The molecule has 1 saturated carbocycles. The van der Waals surface area contributed by atoms with Crippen molar-refractivity contribution in [3.8, 4) is 5.75 Å². The van der Waals surface area contributed by atoms with Crippen LogP contribution in [0.25, 0.3) is 0 Å². The van der Waals surface area contributed by atoms with Gasteiger partial charge in [0.1, 0.15) is 5.75 Å². The van der Waals surface area contributed by atoms with Crippen molar-refractivity contribution in [1.29, 1.82) is 0 Å². The number of benzene rings is 1. The predicted octanol–water partition coefficient (Wildman–Crippen LogP) is 3.67. The highest BCUT2D eigenvalue weighted by Crippen LogP contribution is 2.27. The van der Waals surface area contributed by atoms with Crippen molar-refractivity contribution in [2.24, 2.45) is 11.8 Å². The lowest BCUT2D eigenvalue weighted by Gasteiger charge is -2.29. The summed E-state index contributed by atoms with van der Waals surface area (Å²) in [7, 11) is 0. The second-order valence-corrected chi connectivity index (χ2v) is 8.25. The molecular weight excluding hydrogens is 314 g/mol. The number of hydrogen-bond donors (Lipinski definition) is 2. The van der Waals surface area contributed by atoms with Gasteiger partial charge in [-0.15, -0.1) is 0 Å². The molecule has 4 nitrogen and oxygen atoms in total. The van der Waals surface area contributed by atoms with Crippen LogP contribution in [0, 0.1) is 11.8 Å². The molecule has 1 aliphatic rings. The molecule has 0 heterocycles. The molecule has 1 aliphatic carbocycles. The number of aliphatic hydroxyl groups is 1. The van der Waals surface area contributed by atoms with E-state index in [0.717, 1.165) is 37.0 Å². The molecule has 4 heteroatoms. The van der Waals surface area contributed by atoms with Gasteiger partial charge < -0.3 is 15.2 Å². The first-order valence-corrected chi connectivity index (χ1v) is 9.48. The van der Waals surface area contributed by atoms with Crippen LogP contribution in [0.2, 0.25) is 0 Å². The monoisotopic (exact) mass is 347 g/mol. The van der Waals surface area contributed by atoms with E-state index in [9.17, 15) is 9.90 Å². The summed E-state index contributed by atoms with van der Waals surface area (Å²) in [5.41, 5.74) is 0.384. The van der Waals surface area contributed by atoms with E-state index in [0.29, 0.717) is 25.0 Å². The van der Waals surface area contributed by atoms with Gasteiger partial charge in [-0.2, -0.15) is 0 Å². The SMILES string of the molecule is CC(C)COc1ccc(C(C)(C)C(=O)NCC2CCCC(O)C2)cc1. The number of amides is 1. The number of aliphatic hydroxyl groups excluding tert-OH is 1. The van der Waals surface area contributed by atoms with Crippen LogP contribution in [0.15, 0.2) is 24.3 Å². The fraction of sp³-hybridized carbons (Fsp3) is 0.667. The highest BCUT2D eigenvalue weighted by Gasteiger charge is 2.30. The summed E-state index contributed by atoms with van der Waals surface area (Å²) in [5, 5.41) is 12.8. The fourth-order valence-corrected chi connectivity index (χ4v) is 3.27. The molecule has 0 spiro atoms. The van der Waals surface area contributed by atoms with Gasteiger partial charge in [-0.25, -0.2) is 0 Å². The molecule has 0 aromatic heterocycles. The molecule has 140 valence electrons. The van der Waals surface area contributed by atoms with Crippen LogP contribution in [0.3, 0.4) is 0 Å². The Balaban J connectivity index is 1.91. The van der Waals surface area contributed by atoms with Gasteiger partial charge in [-0.05, 0) is 62.6 Å². The molecule has 2 atom stereocenters. The van der Waals surface area contributed by atoms with Gasteiger partial charge in [0.2, 0.25) is 5.91 Å². The number of carbonyl (C=O) groups excluding carboxylic acids is 1. The number of ether oxygens (including phenoxy) is 1. The fourth-order valence-electron chi connectivity index (χ4n) is 3.27. The summed E-state index contributed by atoms with van der Waals surface area (Å²) in [6.45, 7) is 9.47. The summed E-state index contributed by atoms with van der Waals surface area (Å²) in [5.74, 6) is 1.74. The Morgan fingerprint density at radius 1 is 1.28 bits per heavy atom. The minimum absolute atomic E-state index is 0.0309. The maximum atomic E-state index is 12.7. The van der Waals surface area contributed by atoms with Crippen LogP contribution >= 0.6 is 0 Å². The maximum Gasteiger partial charge on any atom is 0.230 e. The van der Waals surface area contributed by atoms with Crippen LogP contribution in [-0.2, 0) is 10.2 Å². The second kappa shape index (κ2) is 8.70. The molecule has 0 aliphatic heterocycles. The van der Waals surface area contributed by atoms with E-state index in [2.05, 4.69) is 19.2 Å². The van der Waals surface area contributed by atoms with Crippen molar-refractivity contribution in [2.45, 2.75) is 64.9 Å². The molecule has 1 amide bonds. The Morgan fingerprint density at radius 2 is 1.96 bits per heavy atom. The molecule has 0 radical (unpaired) electrons. The first kappa shape index (κ1) is 19.8. The third-order valence-electron chi connectivity index (χ3n) is 5.03. The maximum absolute atomic E-state index is 12.7. The molecule has 0 saturated heterocycles. The first-order chi connectivity index (χ1) is 11.8. The quantitative estimate of drug-likeness (QED) is 0.791. The molecule has 2 unspecified atom stereocenters. The normalized spacial score (nSPS) is 21.2. The minimum Gasteiger partial charge on any atom is -0.493 e. The van der Waals surface area contributed by atoms with Crippen molar-refractivity contribution in [3.63, 3.8) is 0 Å². The first-order valence-electron chi connectivity index (χ1n) is 9.48. The third-order valence-corrected chi connectivity index (χ3v) is 5.03. The lowest BCUT2D eigenvalue weighted by molar-refractivity contribution is -0.126. The Bertz CT molecular complexity index is 551. The van der Waals surface area contributed by atoms with Gasteiger partial charge in [0.15, 0.2) is 0 Å². The van der Waals surface area contributed by atoms with Crippen LogP contribution in [0.5, 0.6) is 5.75 Å². The van der Waals surface area contributed by atoms with E-state index < -0.39 is 5.41 Å². The zero-order valence-electron chi connectivity index (χ0n) is 16.0. The van der Waals surface area contributed by atoms with E-state index >= 15 is 0 Å². The molecule has 1 aromatic carbocycles. The summed E-state index contributed by atoms with van der Waals surface area (Å²) in [6.07, 6.45) is 3.61. The highest BCUT2D eigenvalue weighted by atomic mass is 16.5. The third kappa shape index (κ3) is 5.74. The molecule has 2 rings (SSSR count). The minimum atomic E-state index is -0.593. The molecule has 2 N–H and O–H groups in total. The van der Waals surface area contributed by atoms with E-state index in [1.165, 1.54) is 0 Å². The summed E-state index contributed by atoms with van der Waals surface area (Å²) in [6, 6.07) is 7.81. The van der Waals surface area contributed by atoms with Gasteiger partial charge in [-0.3, -0.25) is 4.79 Å². The Kier molecular flexibility index (Phi) is 6.88. The summed E-state index contributed by atoms with van der Waals surface area (Å²) < 4.78 is 5.71. The lowest BCUT2D eigenvalue weighted by Crippen LogP contribution is -2.42. The average Bonchev–Trinajstić information content (AvgIpc) is 2.58. The van der Waals surface area contributed by atoms with Crippen LogP contribution in [0.4, 0.5) is 0 Å². The zero-order valence-corrected chi connectivity index (χ0v) is 16.0. The van der Waals surface area contributed by atoms with Crippen molar-refractivity contribution >= 4 is 5.91 Å². The van der Waals surface area contributed by atoms with Gasteiger partial charge in [-0.1, -0.05) is 32.4 Å². The van der Waals surface area contributed by atoms with Gasteiger partial charge in [0, 0.05) is 6.54 Å². The topological polar surface area (TPSA) is 58.6 Å². The van der Waals surface area contributed by atoms with Crippen LogP contribution in [0.1, 0.15) is 58.9 Å². The lowest BCUT2D eigenvalue weighted by atomic mass is 9.83. The smallest absolute Gasteiger partial charge is 0.230 e. The molecule has 25 heavy (non-hydrogen) atoms. The van der Waals surface area contributed by atoms with E-state index in [4.69, 9.17) is 4.74 Å². The predicted molar refractivity (Wildman–Crippen MR) is 101 cm³/mol. The molecule has 0 bridgehead atoms. The summed E-state index contributed by atoms with van der Waals surface area (Å²) in [4.78, 5) is 12.7. The van der Waals surface area contributed by atoms with E-state index in [-0.39, 0.29) is 12.0 Å². The van der Waals surface area contributed by atoms with Crippen molar-refractivity contribution in [1.82, 2.24) is 5.32 Å². The number of carbonyl (C=O) groups is 1. The number of hydrogen-bond acceptors (Lipinski definition) is 3. The van der Waals surface area contributed by atoms with Gasteiger partial charge >= 0.3 is 0 Å². The van der Waals surface area contributed by atoms with E-state index in [1.54, 1.807) is 0 Å². The van der Waals surface area contributed by atoms with Gasteiger partial charge in [0.25, 0.3) is 0 Å². The van der Waals surface area contributed by atoms with Crippen LogP contribution < -0.4 is 10.1 Å². The Morgan fingerprint density at radius 3 is 2.56 bits per heavy atom.